The molecule has 5 rings (SSSR count). The molecular weight excluding hydrogens is 427 g/mol. The summed E-state index contributed by atoms with van der Waals surface area (Å²) in [5, 5.41) is 26.9. The maximum atomic E-state index is 12.8. The van der Waals surface area contributed by atoms with Crippen LogP contribution in [0.5, 0.6) is 5.75 Å². The Kier molecular flexibility index (Phi) is 6.28. The Morgan fingerprint density at radius 3 is 2.44 bits per heavy atom. The quantitative estimate of drug-likeness (QED) is 0.600. The van der Waals surface area contributed by atoms with Gasteiger partial charge in [0.2, 0.25) is 0 Å². The Bertz CT molecular complexity index is 972. The fraction of sp³-hybridized carbons (Fsp3) is 0.545. The average molecular weight is 453 g/mol. The van der Waals surface area contributed by atoms with Crippen molar-refractivity contribution in [2.75, 3.05) is 18.9 Å². The molecule has 1 atom stereocenters. The van der Waals surface area contributed by atoms with Crippen LogP contribution in [-0.4, -0.2) is 39.7 Å². The second-order valence-corrected chi connectivity index (χ2v) is 8.39. The lowest BCUT2D eigenvalue weighted by molar-refractivity contribution is -0.137. The van der Waals surface area contributed by atoms with Gasteiger partial charge in [0, 0.05) is 29.7 Å². The van der Waals surface area contributed by atoms with Gasteiger partial charge in [0.1, 0.15) is 17.0 Å². The molecule has 7 nitrogen and oxygen atoms in total. The topological polar surface area (TPSA) is 111 Å². The molecule has 4 N–H and O–H groups in total. The van der Waals surface area contributed by atoms with Crippen molar-refractivity contribution >= 4 is 5.82 Å². The van der Waals surface area contributed by atoms with E-state index in [0.717, 1.165) is 18.9 Å². The molecule has 3 heterocycles. The van der Waals surface area contributed by atoms with Crippen LogP contribution in [0.3, 0.4) is 0 Å². The van der Waals surface area contributed by atoms with Crippen LogP contribution in [-0.2, 0) is 27.9 Å². The Morgan fingerprint density at radius 2 is 1.88 bits per heavy atom. The van der Waals surface area contributed by atoms with Crippen LogP contribution in [0.1, 0.15) is 55.2 Å². The number of aliphatic hydroxyl groups excluding tert-OH is 1. The van der Waals surface area contributed by atoms with E-state index in [2.05, 4.69) is 10.2 Å². The van der Waals surface area contributed by atoms with Crippen LogP contribution in [0.2, 0.25) is 0 Å². The van der Waals surface area contributed by atoms with Crippen molar-refractivity contribution in [2.24, 2.45) is 0 Å². The van der Waals surface area contributed by atoms with Crippen molar-refractivity contribution < 1.29 is 32.9 Å². The summed E-state index contributed by atoms with van der Waals surface area (Å²) in [4.78, 5) is 0. The van der Waals surface area contributed by atoms with Gasteiger partial charge in [0.25, 0.3) is 0 Å². The summed E-state index contributed by atoms with van der Waals surface area (Å²) in [6, 6.07) is 2.74. The van der Waals surface area contributed by atoms with E-state index >= 15 is 0 Å². The number of anilines is 1. The molecule has 2 aliphatic heterocycles. The number of ether oxygens (including phenoxy) is 2. The molecule has 2 fully saturated rings. The molecule has 3 aliphatic rings. The molecule has 1 aromatic carbocycles. The van der Waals surface area contributed by atoms with Crippen LogP contribution in [0.15, 0.2) is 18.2 Å². The van der Waals surface area contributed by atoms with Crippen LogP contribution in [0.4, 0.5) is 19.0 Å². The minimum absolute atomic E-state index is 0.0359. The maximum absolute atomic E-state index is 12.8. The number of benzene rings is 1. The number of aromatic nitrogens is 2. The summed E-state index contributed by atoms with van der Waals surface area (Å²) in [5.74, 6) is -0.326. The van der Waals surface area contributed by atoms with Gasteiger partial charge in [-0.2, -0.15) is 13.2 Å². The smallest absolute Gasteiger partial charge is 0.416 e. The van der Waals surface area contributed by atoms with Crippen molar-refractivity contribution in [1.29, 1.82) is 0 Å². The first-order valence-corrected chi connectivity index (χ1v) is 10.7. The number of phenolic OH excluding ortho intramolecular Hbond substituents is 1. The number of alkyl halides is 3. The molecular formula is C22H26F3N3O4. The molecule has 0 amide bonds. The minimum Gasteiger partial charge on any atom is -0.507 e. The molecule has 1 aromatic heterocycles. The number of aromatic hydroxyl groups is 1. The van der Waals surface area contributed by atoms with Crippen molar-refractivity contribution in [1.82, 2.24) is 10.2 Å². The normalized spacial score (nSPS) is 23.1. The van der Waals surface area contributed by atoms with Crippen molar-refractivity contribution in [3.8, 4) is 17.0 Å². The van der Waals surface area contributed by atoms with E-state index in [1.54, 1.807) is 0 Å². The lowest BCUT2D eigenvalue weighted by atomic mass is 9.90. The molecule has 2 aromatic rings. The largest absolute Gasteiger partial charge is 0.507 e. The average Bonchev–Trinajstić information content (AvgIpc) is 3.38. The van der Waals surface area contributed by atoms with Crippen LogP contribution in [0, 0.1) is 0 Å². The summed E-state index contributed by atoms with van der Waals surface area (Å²) in [5.41, 5.74) is 6.01. The zero-order chi connectivity index (χ0) is 22.9. The second-order valence-electron chi connectivity index (χ2n) is 8.39. The number of nitrogens with zero attached hydrogens (tertiary/aromatic N) is 2. The SMILES string of the molecule is Nc1nnc(-c2ccc(C(F)(F)F)cc2O)c2c1C1(CCOC1)OC2.OC1CCCCC1. The third-order valence-corrected chi connectivity index (χ3v) is 6.19. The number of hydrogen-bond donors (Lipinski definition) is 3. The van der Waals surface area contributed by atoms with Gasteiger partial charge in [0.15, 0.2) is 5.82 Å². The molecule has 10 heteroatoms. The molecule has 1 saturated heterocycles. The third-order valence-electron chi connectivity index (χ3n) is 6.19. The predicted molar refractivity (Wildman–Crippen MR) is 110 cm³/mol. The second kappa shape index (κ2) is 8.84. The van der Waals surface area contributed by atoms with Gasteiger partial charge < -0.3 is 25.4 Å². The van der Waals surface area contributed by atoms with E-state index in [-0.39, 0.29) is 29.8 Å². The summed E-state index contributed by atoms with van der Waals surface area (Å²) >= 11 is 0. The van der Waals surface area contributed by atoms with Crippen LogP contribution in [0.25, 0.3) is 11.3 Å². The fourth-order valence-electron chi connectivity index (χ4n) is 4.48. The standard InChI is InChI=1S/C16H14F3N3O3.C6H12O/c17-16(18,19)8-1-2-9(11(23)5-8)13-10-6-25-15(3-4-24-7-15)12(10)14(20)22-21-13;7-6-4-2-1-3-5-6/h1-2,5,23H,3-4,6-7H2,(H2,20,22);6-7H,1-5H2. The number of aliphatic hydroxyl groups is 1. The minimum atomic E-state index is -4.54. The predicted octanol–water partition coefficient (Wildman–Crippen LogP) is 3.91. The molecule has 1 spiro atoms. The number of fused-ring (bicyclic) bond motifs is 2. The highest BCUT2D eigenvalue weighted by atomic mass is 19.4. The zero-order valence-corrected chi connectivity index (χ0v) is 17.5. The van der Waals surface area contributed by atoms with Gasteiger partial charge in [-0.15, -0.1) is 10.2 Å². The van der Waals surface area contributed by atoms with Crippen LogP contribution >= 0.6 is 0 Å². The molecule has 0 bridgehead atoms. The third kappa shape index (κ3) is 4.39. The lowest BCUT2D eigenvalue weighted by Crippen LogP contribution is -2.27. The Morgan fingerprint density at radius 1 is 1.12 bits per heavy atom. The van der Waals surface area contributed by atoms with Crippen molar-refractivity contribution in [2.45, 2.75) is 63.0 Å². The highest BCUT2D eigenvalue weighted by molar-refractivity contribution is 5.73. The zero-order valence-electron chi connectivity index (χ0n) is 17.5. The van der Waals surface area contributed by atoms with Gasteiger partial charge in [-0.05, 0) is 31.0 Å². The highest BCUT2D eigenvalue weighted by Crippen LogP contribution is 2.48. The first-order valence-electron chi connectivity index (χ1n) is 10.7. The summed E-state index contributed by atoms with van der Waals surface area (Å²) in [6.07, 6.45) is 1.99. The van der Waals surface area contributed by atoms with Gasteiger partial charge in [-0.25, -0.2) is 0 Å². The summed E-state index contributed by atoms with van der Waals surface area (Å²) < 4.78 is 49.7. The van der Waals surface area contributed by atoms with Gasteiger partial charge in [0.05, 0.1) is 24.9 Å². The van der Waals surface area contributed by atoms with E-state index in [0.29, 0.717) is 36.8 Å². The van der Waals surface area contributed by atoms with E-state index in [4.69, 9.17) is 20.3 Å². The van der Waals surface area contributed by atoms with Gasteiger partial charge in [-0.3, -0.25) is 0 Å². The van der Waals surface area contributed by atoms with Gasteiger partial charge in [-0.1, -0.05) is 19.3 Å². The molecule has 1 unspecified atom stereocenters. The van der Waals surface area contributed by atoms with Crippen molar-refractivity contribution in [3.05, 3.63) is 34.9 Å². The van der Waals surface area contributed by atoms with E-state index in [1.165, 1.54) is 25.3 Å². The van der Waals surface area contributed by atoms with Gasteiger partial charge >= 0.3 is 6.18 Å². The van der Waals surface area contributed by atoms with Crippen LogP contribution < -0.4 is 5.73 Å². The summed E-state index contributed by atoms with van der Waals surface area (Å²) in [7, 11) is 0. The van der Waals surface area contributed by atoms with E-state index in [9.17, 15) is 18.3 Å². The number of halogens is 3. The molecule has 174 valence electrons. The Labute approximate surface area is 183 Å². The Hall–Kier alpha value is -2.43. The number of phenols is 1. The molecule has 0 radical (unpaired) electrons. The molecule has 1 saturated carbocycles. The lowest BCUT2D eigenvalue weighted by Gasteiger charge is -2.22. The van der Waals surface area contributed by atoms with E-state index in [1.807, 2.05) is 0 Å². The molecule has 32 heavy (non-hydrogen) atoms. The molecule has 1 aliphatic carbocycles. The monoisotopic (exact) mass is 453 g/mol. The number of rotatable bonds is 1. The number of nitrogen functional groups attached to an aromatic ring is 1. The number of hydrogen-bond acceptors (Lipinski definition) is 7. The first-order chi connectivity index (χ1) is 15.2. The number of nitrogens with two attached hydrogens (primary N) is 1. The Balaban J connectivity index is 0.000000300. The van der Waals surface area contributed by atoms with E-state index < -0.39 is 23.1 Å². The fourth-order valence-corrected chi connectivity index (χ4v) is 4.48. The van der Waals surface area contributed by atoms with Crippen molar-refractivity contribution in [3.63, 3.8) is 0 Å². The summed E-state index contributed by atoms with van der Waals surface area (Å²) in [6.45, 7) is 1.02. The highest BCUT2D eigenvalue weighted by Gasteiger charge is 2.47. The maximum Gasteiger partial charge on any atom is 0.416 e. The first kappa shape index (κ1) is 22.8.